The fraction of sp³-hybridized carbons (Fsp3) is 0.636. The molecule has 0 radical (unpaired) electrons. The number of hydrogen-bond acceptors (Lipinski definition) is 4. The van der Waals surface area contributed by atoms with Gasteiger partial charge in [-0.2, -0.15) is 5.26 Å². The van der Waals surface area contributed by atoms with Crippen molar-refractivity contribution in [1.82, 2.24) is 0 Å². The van der Waals surface area contributed by atoms with Crippen LogP contribution >= 0.6 is 0 Å². The monoisotopic (exact) mass is 371 g/mol. The topological polar surface area (TPSA) is 95.2 Å². The van der Waals surface area contributed by atoms with E-state index >= 15 is 0 Å². The standard InChI is InChI=1S/C22H29NO4/c1-5-22(4)16(7-6-8-19(25)26)9-17(24)10-18(22)21(3)11-14(2)20(27)15(12-21)13-23/h10,12,14,16H,5-9,11H2,1-4H3,(H,25,26)/t14?,16?,21-,22+/m1/s1. The summed E-state index contributed by atoms with van der Waals surface area (Å²) in [4.78, 5) is 35.7. The van der Waals surface area contributed by atoms with E-state index in [2.05, 4.69) is 13.8 Å². The summed E-state index contributed by atoms with van der Waals surface area (Å²) in [6.45, 7) is 8.08. The Kier molecular flexibility index (Phi) is 6.09. The Morgan fingerprint density at radius 1 is 1.37 bits per heavy atom. The number of carboxylic acid groups (broad SMARTS) is 1. The maximum Gasteiger partial charge on any atom is 0.303 e. The lowest BCUT2D eigenvalue weighted by molar-refractivity contribution is -0.137. The fourth-order valence-corrected chi connectivity index (χ4v) is 5.01. The van der Waals surface area contributed by atoms with E-state index in [0.29, 0.717) is 25.7 Å². The summed E-state index contributed by atoms with van der Waals surface area (Å²) in [6, 6.07) is 2.03. The van der Waals surface area contributed by atoms with Gasteiger partial charge >= 0.3 is 5.97 Å². The van der Waals surface area contributed by atoms with E-state index in [1.165, 1.54) is 0 Å². The lowest BCUT2D eigenvalue weighted by atomic mass is 9.54. The van der Waals surface area contributed by atoms with Crippen LogP contribution in [-0.4, -0.2) is 22.6 Å². The molecular weight excluding hydrogens is 342 g/mol. The van der Waals surface area contributed by atoms with Crippen molar-refractivity contribution in [2.75, 3.05) is 0 Å². The Balaban J connectivity index is 2.45. The van der Waals surface area contributed by atoms with Gasteiger partial charge in [0.15, 0.2) is 11.6 Å². The first-order valence-electron chi connectivity index (χ1n) is 9.72. The Bertz CT molecular complexity index is 757. The van der Waals surface area contributed by atoms with E-state index in [-0.39, 0.29) is 40.8 Å². The highest BCUT2D eigenvalue weighted by Gasteiger charge is 2.49. The molecule has 0 aromatic heterocycles. The molecule has 0 aliphatic heterocycles. The summed E-state index contributed by atoms with van der Waals surface area (Å²) in [5.41, 5.74) is 0.375. The minimum absolute atomic E-state index is 0.0499. The molecule has 0 amide bonds. The van der Waals surface area contributed by atoms with Crippen molar-refractivity contribution in [3.63, 3.8) is 0 Å². The Labute approximate surface area is 161 Å². The number of carbonyl (C=O) groups is 3. The molecule has 0 saturated carbocycles. The molecule has 2 aliphatic rings. The molecule has 5 nitrogen and oxygen atoms in total. The van der Waals surface area contributed by atoms with Gasteiger partial charge in [0.05, 0.1) is 5.57 Å². The number of ketones is 2. The molecule has 0 aromatic carbocycles. The van der Waals surface area contributed by atoms with E-state index in [1.807, 2.05) is 19.9 Å². The highest BCUT2D eigenvalue weighted by Crippen LogP contribution is 2.56. The number of carbonyl (C=O) groups excluding carboxylic acids is 2. The normalized spacial score (nSPS) is 33.9. The number of nitrogens with zero attached hydrogens (tertiary/aromatic N) is 1. The Morgan fingerprint density at radius 2 is 2.04 bits per heavy atom. The van der Waals surface area contributed by atoms with Crippen LogP contribution in [-0.2, 0) is 14.4 Å². The highest BCUT2D eigenvalue weighted by molar-refractivity contribution is 6.02. The third kappa shape index (κ3) is 4.05. The molecule has 2 aliphatic carbocycles. The van der Waals surface area contributed by atoms with Gasteiger partial charge in [-0.05, 0) is 43.1 Å². The van der Waals surface area contributed by atoms with Crippen LogP contribution in [0.2, 0.25) is 0 Å². The number of nitriles is 1. The van der Waals surface area contributed by atoms with Crippen LogP contribution in [0.15, 0.2) is 23.3 Å². The first kappa shape index (κ1) is 21.1. The van der Waals surface area contributed by atoms with E-state index < -0.39 is 11.4 Å². The second-order valence-corrected chi connectivity index (χ2v) is 8.54. The van der Waals surface area contributed by atoms with Crippen LogP contribution in [0.25, 0.3) is 0 Å². The average Bonchev–Trinajstić information content (AvgIpc) is 2.60. The van der Waals surface area contributed by atoms with E-state index in [1.54, 1.807) is 12.2 Å². The van der Waals surface area contributed by atoms with Crippen LogP contribution in [0.3, 0.4) is 0 Å². The maximum absolute atomic E-state index is 12.5. The third-order valence-corrected chi connectivity index (χ3v) is 6.59. The molecule has 2 unspecified atom stereocenters. The van der Waals surface area contributed by atoms with Crippen molar-refractivity contribution in [3.8, 4) is 6.07 Å². The summed E-state index contributed by atoms with van der Waals surface area (Å²) in [5.74, 6) is -1.10. The minimum atomic E-state index is -0.820. The van der Waals surface area contributed by atoms with Gasteiger partial charge in [-0.25, -0.2) is 0 Å². The van der Waals surface area contributed by atoms with Gasteiger partial charge < -0.3 is 5.11 Å². The first-order chi connectivity index (χ1) is 12.6. The van der Waals surface area contributed by atoms with Gasteiger partial charge in [-0.15, -0.1) is 0 Å². The second-order valence-electron chi connectivity index (χ2n) is 8.54. The first-order valence-corrected chi connectivity index (χ1v) is 9.72. The maximum atomic E-state index is 12.5. The molecule has 0 spiro atoms. The lowest BCUT2D eigenvalue weighted by Crippen LogP contribution is -2.43. The molecule has 5 heteroatoms. The zero-order valence-corrected chi connectivity index (χ0v) is 16.7. The molecule has 0 saturated heterocycles. The summed E-state index contributed by atoms with van der Waals surface area (Å²) in [7, 11) is 0. The quantitative estimate of drug-likeness (QED) is 0.753. The Hall–Kier alpha value is -2.22. The number of rotatable bonds is 6. The van der Waals surface area contributed by atoms with Gasteiger partial charge in [0.2, 0.25) is 0 Å². The molecule has 1 N–H and O–H groups in total. The van der Waals surface area contributed by atoms with Crippen molar-refractivity contribution in [1.29, 1.82) is 5.26 Å². The summed E-state index contributed by atoms with van der Waals surface area (Å²) in [6.07, 6.45) is 6.62. The number of aliphatic carboxylic acids is 1. The zero-order valence-electron chi connectivity index (χ0n) is 16.7. The average molecular weight is 371 g/mol. The van der Waals surface area contributed by atoms with Crippen molar-refractivity contribution in [2.45, 2.75) is 66.2 Å². The van der Waals surface area contributed by atoms with Crippen molar-refractivity contribution in [3.05, 3.63) is 23.3 Å². The number of Topliss-reactive ketones (excluding diaryl/α,β-unsaturated/α-hetero) is 1. The van der Waals surface area contributed by atoms with Crippen molar-refractivity contribution < 1.29 is 19.5 Å². The number of carboxylic acids is 1. The molecule has 2 rings (SSSR count). The largest absolute Gasteiger partial charge is 0.481 e. The second kappa shape index (κ2) is 7.80. The van der Waals surface area contributed by atoms with Gasteiger partial charge in [0, 0.05) is 24.2 Å². The predicted octanol–water partition coefficient (Wildman–Crippen LogP) is 4.24. The van der Waals surface area contributed by atoms with Gasteiger partial charge in [0.25, 0.3) is 0 Å². The molecule has 0 aromatic rings. The molecule has 0 fully saturated rings. The number of allylic oxidation sites excluding steroid dienone is 4. The van der Waals surface area contributed by atoms with Gasteiger partial charge in [-0.1, -0.05) is 39.3 Å². The summed E-state index contributed by atoms with van der Waals surface area (Å²) >= 11 is 0. The SMILES string of the molecule is CC[C@]1(C)C([C@@]2(C)C=C(C#N)C(=O)C(C)C2)=CC(=O)CC1CCCC(=O)O. The minimum Gasteiger partial charge on any atom is -0.481 e. The number of hydrogen-bond donors (Lipinski definition) is 1. The summed E-state index contributed by atoms with van der Waals surface area (Å²) in [5, 5.41) is 18.3. The van der Waals surface area contributed by atoms with Crippen molar-refractivity contribution in [2.24, 2.45) is 22.7 Å². The molecule has 27 heavy (non-hydrogen) atoms. The molecule has 0 bridgehead atoms. The predicted molar refractivity (Wildman–Crippen MR) is 102 cm³/mol. The third-order valence-electron chi connectivity index (χ3n) is 6.59. The highest BCUT2D eigenvalue weighted by atomic mass is 16.4. The van der Waals surface area contributed by atoms with Gasteiger partial charge in [0.1, 0.15) is 6.07 Å². The van der Waals surface area contributed by atoms with Crippen LogP contribution in [0, 0.1) is 34.0 Å². The fourth-order valence-electron chi connectivity index (χ4n) is 5.01. The van der Waals surface area contributed by atoms with Gasteiger partial charge in [-0.3, -0.25) is 14.4 Å². The lowest BCUT2D eigenvalue weighted by Gasteiger charge is -2.49. The molecular formula is C22H29NO4. The molecule has 4 atom stereocenters. The van der Waals surface area contributed by atoms with E-state index in [4.69, 9.17) is 5.11 Å². The van der Waals surface area contributed by atoms with E-state index in [9.17, 15) is 19.6 Å². The zero-order chi connectivity index (χ0) is 20.4. The smallest absolute Gasteiger partial charge is 0.303 e. The van der Waals surface area contributed by atoms with Crippen LogP contribution in [0.4, 0.5) is 0 Å². The van der Waals surface area contributed by atoms with E-state index in [0.717, 1.165) is 12.0 Å². The summed E-state index contributed by atoms with van der Waals surface area (Å²) < 4.78 is 0. The van der Waals surface area contributed by atoms with Crippen molar-refractivity contribution >= 4 is 17.5 Å². The molecule has 0 heterocycles. The molecule has 146 valence electrons. The Morgan fingerprint density at radius 3 is 2.59 bits per heavy atom. The van der Waals surface area contributed by atoms with Crippen LogP contribution in [0.1, 0.15) is 66.2 Å². The van der Waals surface area contributed by atoms with Crippen LogP contribution in [0.5, 0.6) is 0 Å². The van der Waals surface area contributed by atoms with Crippen LogP contribution < -0.4 is 0 Å².